The van der Waals surface area contributed by atoms with Crippen molar-refractivity contribution in [2.24, 2.45) is 11.5 Å². The molecule has 6 nitrogen and oxygen atoms in total. The van der Waals surface area contributed by atoms with Gasteiger partial charge in [-0.05, 0) is 24.3 Å². The lowest BCUT2D eigenvalue weighted by Crippen LogP contribution is -2.58. The molecule has 0 saturated heterocycles. The van der Waals surface area contributed by atoms with Gasteiger partial charge >= 0.3 is 20.5 Å². The Morgan fingerprint density at radius 3 is 1.35 bits per heavy atom. The molecule has 0 aliphatic carbocycles. The first-order valence-electron chi connectivity index (χ1n) is 10.9. The van der Waals surface area contributed by atoms with Crippen LogP contribution in [0.1, 0.15) is 0 Å². The molecule has 0 spiro atoms. The molecule has 0 fully saturated rings. The lowest BCUT2D eigenvalue weighted by molar-refractivity contribution is 0.399. The molecule has 4 aromatic rings. The summed E-state index contributed by atoms with van der Waals surface area (Å²) >= 11 is 0. The zero-order chi connectivity index (χ0) is 23.6. The second-order valence-electron chi connectivity index (χ2n) is 8.44. The molecule has 4 aromatic carbocycles. The van der Waals surface area contributed by atoms with Crippen LogP contribution in [-0.4, -0.2) is 21.4 Å². The van der Waals surface area contributed by atoms with Crippen molar-refractivity contribution in [2.75, 3.05) is 6.54 Å². The van der Waals surface area contributed by atoms with Crippen LogP contribution in [0.15, 0.2) is 97.1 Å². The molecule has 2 unspecified atom stereocenters. The first-order valence-corrected chi connectivity index (χ1v) is 14.2. The first kappa shape index (κ1) is 21.7. The van der Waals surface area contributed by atoms with E-state index in [1.165, 1.54) is 0 Å². The molecule has 2 heterocycles. The normalized spacial score (nSPS) is 23.8. The van der Waals surface area contributed by atoms with Gasteiger partial charge in [-0.15, -0.1) is 0 Å². The van der Waals surface area contributed by atoms with Crippen LogP contribution in [0, 0.1) is 0 Å². The van der Waals surface area contributed by atoms with Crippen LogP contribution in [0.5, 0.6) is 11.5 Å². The summed E-state index contributed by atoms with van der Waals surface area (Å²) in [6.07, 6.45) is 0. The van der Waals surface area contributed by atoms with E-state index < -0.39 is 20.5 Å². The summed E-state index contributed by atoms with van der Waals surface area (Å²) in [5.74, 6) is 0.996. The highest BCUT2D eigenvalue weighted by atomic mass is 31.3. The Morgan fingerprint density at radius 1 is 0.588 bits per heavy atom. The minimum absolute atomic E-state index is 0.255. The zero-order valence-corrected chi connectivity index (χ0v) is 20.0. The van der Waals surface area contributed by atoms with Crippen molar-refractivity contribution in [3.05, 3.63) is 97.1 Å². The predicted octanol–water partition coefficient (Wildman–Crippen LogP) is 4.01. The van der Waals surface area contributed by atoms with Gasteiger partial charge in [0.1, 0.15) is 0 Å². The Kier molecular flexibility index (Phi) is 4.84. The summed E-state index contributed by atoms with van der Waals surface area (Å²) in [5, 5.41) is -0.724. The van der Waals surface area contributed by atoms with E-state index in [0.29, 0.717) is 22.1 Å². The van der Waals surface area contributed by atoms with Crippen molar-refractivity contribution in [3.8, 4) is 33.8 Å². The van der Waals surface area contributed by atoms with Gasteiger partial charge in [-0.25, -0.2) is 15.5 Å². The quantitative estimate of drug-likeness (QED) is 0.323. The molecule has 0 radical (unpaired) electrons. The maximum atomic E-state index is 12.5. The maximum Gasteiger partial charge on any atom is 0.417 e. The van der Waals surface area contributed by atoms with Crippen molar-refractivity contribution in [1.82, 2.24) is 0 Å². The maximum absolute atomic E-state index is 12.5. The highest BCUT2D eigenvalue weighted by molar-refractivity contribution is 7.92. The van der Waals surface area contributed by atoms with Gasteiger partial charge in [0, 0.05) is 22.3 Å². The van der Waals surface area contributed by atoms with Gasteiger partial charge in [0.2, 0.25) is 0 Å². The molecule has 2 aliphatic rings. The van der Waals surface area contributed by atoms with E-state index in [0.717, 1.165) is 22.3 Å². The molecular formula is C26H24N2O4P2+2. The Bertz CT molecular complexity index is 1330. The lowest BCUT2D eigenvalue weighted by atomic mass is 10.0. The molecule has 0 saturated carbocycles. The van der Waals surface area contributed by atoms with Crippen LogP contribution in [0.4, 0.5) is 0 Å². The van der Waals surface area contributed by atoms with Crippen molar-refractivity contribution in [1.29, 1.82) is 0 Å². The smallest absolute Gasteiger partial charge is 0.322 e. The van der Waals surface area contributed by atoms with Gasteiger partial charge < -0.3 is 14.8 Å². The average molecular weight is 490 g/mol. The molecule has 0 aromatic heterocycles. The zero-order valence-electron chi connectivity index (χ0n) is 18.2. The molecule has 6 rings (SSSR count). The fourth-order valence-electron chi connectivity index (χ4n) is 4.86. The molecule has 6 N–H and O–H groups in total. The second-order valence-corrected chi connectivity index (χ2v) is 14.0. The Labute approximate surface area is 198 Å². The molecule has 170 valence electrons. The van der Waals surface area contributed by atoms with Gasteiger partial charge in [0.15, 0.2) is 22.1 Å². The van der Waals surface area contributed by atoms with Crippen LogP contribution in [0.2, 0.25) is 0 Å². The van der Waals surface area contributed by atoms with E-state index in [1.807, 2.05) is 72.8 Å². The summed E-state index contributed by atoms with van der Waals surface area (Å²) in [6.45, 7) is -0.255. The third-order valence-electron chi connectivity index (χ3n) is 6.63. The molecule has 0 bridgehead atoms. The molecule has 8 heteroatoms. The van der Waals surface area contributed by atoms with Crippen molar-refractivity contribution in [2.45, 2.75) is 5.02 Å². The number of benzene rings is 4. The largest absolute Gasteiger partial charge is 0.417 e. The van der Waals surface area contributed by atoms with E-state index in [9.17, 15) is 9.79 Å². The first-order chi connectivity index (χ1) is 16.4. The Hall–Kier alpha value is -2.82. The molecular weight excluding hydrogens is 466 g/mol. The molecule has 0 amide bonds. The summed E-state index contributed by atoms with van der Waals surface area (Å²) in [7, 11) is -7.56. The molecule has 2 atom stereocenters. The van der Waals surface area contributed by atoms with Crippen molar-refractivity contribution < 1.29 is 18.8 Å². The number of nitrogens with two attached hydrogens (primary N) is 2. The summed E-state index contributed by atoms with van der Waals surface area (Å²) in [6, 6.07) is 29.9. The van der Waals surface area contributed by atoms with E-state index >= 15 is 0 Å². The van der Waals surface area contributed by atoms with Crippen LogP contribution >= 0.6 is 15.4 Å². The van der Waals surface area contributed by atoms with Crippen LogP contribution in [-0.2, 0) is 0 Å². The monoisotopic (exact) mass is 490 g/mol. The molecule has 2 aliphatic heterocycles. The predicted molar refractivity (Wildman–Crippen MR) is 139 cm³/mol. The highest BCUT2D eigenvalue weighted by Gasteiger charge is 2.83. The van der Waals surface area contributed by atoms with Gasteiger partial charge in [0.05, 0.1) is 6.54 Å². The van der Waals surface area contributed by atoms with Gasteiger partial charge in [-0.1, -0.05) is 72.8 Å². The topological polar surface area (TPSA) is 111 Å². The summed E-state index contributed by atoms with van der Waals surface area (Å²) in [5.41, 5.74) is 16.7. The van der Waals surface area contributed by atoms with E-state index in [-0.39, 0.29) is 6.54 Å². The lowest BCUT2D eigenvalue weighted by Gasteiger charge is -2.41. The summed E-state index contributed by atoms with van der Waals surface area (Å²) < 4.78 is 12.7. The van der Waals surface area contributed by atoms with Gasteiger partial charge in [-0.2, -0.15) is 0 Å². The summed E-state index contributed by atoms with van der Waals surface area (Å²) in [4.78, 5) is 24.9. The minimum atomic E-state index is -3.78. The average Bonchev–Trinajstić information content (AvgIpc) is 2.88. The number of para-hydroxylation sites is 2. The third-order valence-corrected chi connectivity index (χ3v) is 13.7. The number of fused-ring (bicyclic) bond motifs is 6. The van der Waals surface area contributed by atoms with Crippen molar-refractivity contribution in [3.63, 3.8) is 0 Å². The van der Waals surface area contributed by atoms with Crippen LogP contribution < -0.4 is 31.1 Å². The number of rotatable bonds is 3. The highest BCUT2D eigenvalue weighted by Crippen LogP contribution is 2.82. The fourth-order valence-corrected chi connectivity index (χ4v) is 11.6. The SMILES string of the molecule is NCC(N)([P+]1(O)Oc2ccccc2-c2ccccc21)[P+]1(O)Oc2ccccc2-c2ccccc21. The number of hydrogen-bond acceptors (Lipinski definition) is 6. The third kappa shape index (κ3) is 2.73. The Morgan fingerprint density at radius 2 is 0.941 bits per heavy atom. The van der Waals surface area contributed by atoms with Gasteiger partial charge in [-0.3, -0.25) is 0 Å². The van der Waals surface area contributed by atoms with E-state index in [4.69, 9.17) is 20.5 Å². The fraction of sp³-hybridized carbons (Fsp3) is 0.0769. The standard InChI is InChI=1S/C26H24N2O4P2/c27-17-26(28,33(29)24-15-7-3-11-20(24)18-9-1-5-13-22(18)31-33)34(30)25-16-8-4-12-21(25)19-10-2-6-14-23(19)32-34/h1-16,29-30H,17,27-28H2/q+2. The van der Waals surface area contributed by atoms with Crippen LogP contribution in [0.3, 0.4) is 0 Å². The van der Waals surface area contributed by atoms with Gasteiger partial charge in [0.25, 0.3) is 0 Å². The number of hydrogen-bond donors (Lipinski definition) is 4. The molecule has 34 heavy (non-hydrogen) atoms. The van der Waals surface area contributed by atoms with Crippen molar-refractivity contribution >= 4 is 26.0 Å². The second kappa shape index (κ2) is 7.59. The minimum Gasteiger partial charge on any atom is -0.322 e. The van der Waals surface area contributed by atoms with Crippen LogP contribution in [0.25, 0.3) is 22.3 Å². The van der Waals surface area contributed by atoms with E-state index in [1.54, 1.807) is 24.3 Å². The van der Waals surface area contributed by atoms with E-state index in [2.05, 4.69) is 0 Å². The Balaban J connectivity index is 1.62.